The van der Waals surface area contributed by atoms with E-state index in [-0.39, 0.29) is 31.0 Å². The predicted molar refractivity (Wildman–Crippen MR) is 125 cm³/mol. The normalized spacial score (nSPS) is 10.8. The number of rotatable bonds is 17. The van der Waals surface area contributed by atoms with Gasteiger partial charge in [-0.25, -0.2) is 0 Å². The molecule has 0 amide bonds. The van der Waals surface area contributed by atoms with E-state index in [2.05, 4.69) is 37.3 Å². The molecule has 2 N–H and O–H groups in total. The SMILES string of the molecule is CCCCCCCCCCCCCCCCCCc1ccccc1.O=S(=O)(O)O.[H-].[Na+]. The van der Waals surface area contributed by atoms with Crippen molar-refractivity contribution in [2.24, 2.45) is 0 Å². The first kappa shape index (κ1) is 32.3. The molecule has 0 radical (unpaired) electrons. The Kier molecular flexibility index (Phi) is 25.5. The zero-order chi connectivity index (χ0) is 21.6. The van der Waals surface area contributed by atoms with E-state index in [0.717, 1.165) is 0 Å². The van der Waals surface area contributed by atoms with Crippen LogP contribution in [-0.4, -0.2) is 17.5 Å². The van der Waals surface area contributed by atoms with Crippen molar-refractivity contribution in [2.45, 2.75) is 116 Å². The van der Waals surface area contributed by atoms with Crippen LogP contribution in [0, 0.1) is 0 Å². The van der Waals surface area contributed by atoms with Gasteiger partial charge in [-0.2, -0.15) is 8.42 Å². The first-order valence-electron chi connectivity index (χ1n) is 11.7. The molecule has 30 heavy (non-hydrogen) atoms. The molecule has 0 aliphatic rings. The molecule has 0 saturated heterocycles. The molecule has 0 fully saturated rings. The van der Waals surface area contributed by atoms with E-state index in [9.17, 15) is 0 Å². The number of hydrogen-bond acceptors (Lipinski definition) is 2. The monoisotopic (exact) mass is 452 g/mol. The van der Waals surface area contributed by atoms with Crippen molar-refractivity contribution in [1.82, 2.24) is 0 Å². The average Bonchev–Trinajstić information content (AvgIpc) is 2.67. The van der Waals surface area contributed by atoms with E-state index in [1.165, 1.54) is 115 Å². The van der Waals surface area contributed by atoms with Crippen LogP contribution in [0.3, 0.4) is 0 Å². The minimum Gasteiger partial charge on any atom is -1.00 e. The molecule has 1 aromatic carbocycles. The number of aryl methyl sites for hydroxylation is 1. The van der Waals surface area contributed by atoms with Crippen molar-refractivity contribution < 1.29 is 48.5 Å². The van der Waals surface area contributed by atoms with Crippen LogP contribution in [0.25, 0.3) is 0 Å². The van der Waals surface area contributed by atoms with Crippen LogP contribution < -0.4 is 29.6 Å². The molecule has 0 aliphatic carbocycles. The van der Waals surface area contributed by atoms with Crippen LogP contribution >= 0.6 is 0 Å². The summed E-state index contributed by atoms with van der Waals surface area (Å²) in [7, 11) is -4.67. The summed E-state index contributed by atoms with van der Waals surface area (Å²) in [5.41, 5.74) is 1.50. The Morgan fingerprint density at radius 2 is 0.933 bits per heavy atom. The van der Waals surface area contributed by atoms with Crippen molar-refractivity contribution in [2.75, 3.05) is 0 Å². The molecule has 0 unspecified atom stereocenters. The molecule has 0 heterocycles. The summed E-state index contributed by atoms with van der Waals surface area (Å²) in [4.78, 5) is 0. The Morgan fingerprint density at radius 1 is 0.633 bits per heavy atom. The number of benzene rings is 1. The van der Waals surface area contributed by atoms with Crippen LogP contribution in [0.5, 0.6) is 0 Å². The number of hydrogen-bond donors (Lipinski definition) is 2. The van der Waals surface area contributed by atoms with Gasteiger partial charge < -0.3 is 1.43 Å². The maximum atomic E-state index is 8.74. The zero-order valence-electron chi connectivity index (χ0n) is 20.5. The summed E-state index contributed by atoms with van der Waals surface area (Å²) in [5, 5.41) is 0. The Labute approximate surface area is 210 Å². The van der Waals surface area contributed by atoms with Gasteiger partial charge in [-0.1, -0.05) is 134 Å². The van der Waals surface area contributed by atoms with Crippen LogP contribution in [0.4, 0.5) is 0 Å². The Balaban J connectivity index is -0.00000100. The topological polar surface area (TPSA) is 74.6 Å². The van der Waals surface area contributed by atoms with Gasteiger partial charge in [0.05, 0.1) is 0 Å². The molecule has 0 bridgehead atoms. The van der Waals surface area contributed by atoms with Gasteiger partial charge in [0.1, 0.15) is 0 Å². The first-order valence-corrected chi connectivity index (χ1v) is 13.1. The summed E-state index contributed by atoms with van der Waals surface area (Å²) in [6.45, 7) is 2.30. The van der Waals surface area contributed by atoms with Crippen molar-refractivity contribution >= 4 is 10.4 Å². The molecule has 4 nitrogen and oxygen atoms in total. The quantitative estimate of drug-likeness (QED) is 0.199. The maximum Gasteiger partial charge on any atom is 1.00 e. The molecule has 0 saturated carbocycles. The Bertz CT molecular complexity index is 548. The fourth-order valence-corrected chi connectivity index (χ4v) is 3.52. The molecule has 0 atom stereocenters. The van der Waals surface area contributed by atoms with Crippen molar-refractivity contribution in [3.8, 4) is 0 Å². The summed E-state index contributed by atoms with van der Waals surface area (Å²) >= 11 is 0. The summed E-state index contributed by atoms with van der Waals surface area (Å²) in [5.74, 6) is 0. The fraction of sp³-hybridized carbons (Fsp3) is 0.750. The summed E-state index contributed by atoms with van der Waals surface area (Å²) < 4.78 is 31.6. The van der Waals surface area contributed by atoms with Gasteiger partial charge in [-0.05, 0) is 18.4 Å². The summed E-state index contributed by atoms with van der Waals surface area (Å²) in [6.07, 6.45) is 24.4. The van der Waals surface area contributed by atoms with Crippen molar-refractivity contribution in [1.29, 1.82) is 0 Å². The molecule has 1 rings (SSSR count). The van der Waals surface area contributed by atoms with Gasteiger partial charge in [0, 0.05) is 0 Å². The molecule has 0 spiro atoms. The van der Waals surface area contributed by atoms with Gasteiger partial charge >= 0.3 is 40.0 Å². The summed E-state index contributed by atoms with van der Waals surface area (Å²) in [6, 6.07) is 10.9. The zero-order valence-corrected chi connectivity index (χ0v) is 22.3. The van der Waals surface area contributed by atoms with E-state index in [0.29, 0.717) is 0 Å². The van der Waals surface area contributed by atoms with Gasteiger partial charge in [-0.15, -0.1) is 0 Å². The number of unbranched alkanes of at least 4 members (excludes halogenated alkanes) is 15. The molecule has 0 aromatic heterocycles. The van der Waals surface area contributed by atoms with Crippen molar-refractivity contribution in [3.63, 3.8) is 0 Å². The Morgan fingerprint density at radius 3 is 1.27 bits per heavy atom. The minimum atomic E-state index is -4.67. The standard InChI is InChI=1S/C24H42.Na.H2O4S.H/c1-2-3-4-5-6-7-8-9-10-11-12-13-14-15-16-18-21-24-22-19-17-20-23-24;;1-5(2,3)4;/h17,19-20,22-23H,2-16,18,21H2,1H3;;(H2,1,2,3,4);/q;+1;;-1. The molecular formula is C24H45NaO4S. The molecule has 0 aliphatic heterocycles. The smallest absolute Gasteiger partial charge is 1.00 e. The molecule has 172 valence electrons. The second-order valence-corrected chi connectivity index (χ2v) is 8.88. The predicted octanol–water partition coefficient (Wildman–Crippen LogP) is 4.95. The van der Waals surface area contributed by atoms with E-state index < -0.39 is 10.4 Å². The van der Waals surface area contributed by atoms with Crippen LogP contribution in [-0.2, 0) is 16.8 Å². The van der Waals surface area contributed by atoms with E-state index in [1.807, 2.05) is 0 Å². The van der Waals surface area contributed by atoms with Crippen molar-refractivity contribution in [3.05, 3.63) is 35.9 Å². The van der Waals surface area contributed by atoms with E-state index >= 15 is 0 Å². The maximum absolute atomic E-state index is 8.74. The first-order chi connectivity index (χ1) is 13.9. The molecule has 1 aromatic rings. The van der Waals surface area contributed by atoms with Gasteiger partial charge in [-0.3, -0.25) is 9.11 Å². The third kappa shape index (κ3) is 30.3. The largest absolute Gasteiger partial charge is 1.00 e. The fourth-order valence-electron chi connectivity index (χ4n) is 3.52. The second kappa shape index (κ2) is 23.7. The van der Waals surface area contributed by atoms with Crippen LogP contribution in [0.1, 0.15) is 117 Å². The van der Waals surface area contributed by atoms with E-state index in [1.54, 1.807) is 0 Å². The second-order valence-electron chi connectivity index (χ2n) is 7.99. The average molecular weight is 453 g/mol. The van der Waals surface area contributed by atoms with E-state index in [4.69, 9.17) is 17.5 Å². The molecule has 6 heteroatoms. The third-order valence-electron chi connectivity index (χ3n) is 5.16. The van der Waals surface area contributed by atoms with Gasteiger partial charge in [0.25, 0.3) is 0 Å². The van der Waals surface area contributed by atoms with Gasteiger partial charge in [0.15, 0.2) is 0 Å². The minimum absolute atomic E-state index is 0. The Hall–Kier alpha value is 0.0900. The molecular weight excluding hydrogens is 407 g/mol. The third-order valence-corrected chi connectivity index (χ3v) is 5.16. The van der Waals surface area contributed by atoms with Gasteiger partial charge in [0.2, 0.25) is 0 Å². The van der Waals surface area contributed by atoms with Crippen LogP contribution in [0.2, 0.25) is 0 Å². The van der Waals surface area contributed by atoms with Crippen LogP contribution in [0.15, 0.2) is 30.3 Å².